The molecular formula is C19H15NO6. The molecule has 2 aliphatic heterocycles. The molecule has 2 aliphatic rings. The van der Waals surface area contributed by atoms with Crippen molar-refractivity contribution in [1.82, 2.24) is 0 Å². The van der Waals surface area contributed by atoms with Gasteiger partial charge < -0.3 is 29.0 Å². The van der Waals surface area contributed by atoms with Gasteiger partial charge >= 0.3 is 0 Å². The minimum Gasteiger partial charge on any atom is -0.493 e. The number of benzene rings is 3. The number of hydrogen-bond acceptors (Lipinski definition) is 6. The molecule has 3 aromatic rings. The number of fused-ring (bicyclic) bond motifs is 4. The molecule has 3 aromatic carbocycles. The quantitative estimate of drug-likeness (QED) is 0.728. The predicted molar refractivity (Wildman–Crippen MR) is 95.2 cm³/mol. The van der Waals surface area contributed by atoms with Crippen LogP contribution in [0.25, 0.3) is 21.5 Å². The summed E-state index contributed by atoms with van der Waals surface area (Å²) in [6.45, 7) is 0.117. The minimum absolute atomic E-state index is 0.117. The van der Waals surface area contributed by atoms with Gasteiger partial charge in [0, 0.05) is 21.5 Å². The van der Waals surface area contributed by atoms with Crippen molar-refractivity contribution in [2.45, 2.75) is 0 Å². The number of hydrogen-bond donors (Lipinski definition) is 1. The fourth-order valence-corrected chi connectivity index (χ4v) is 3.79. The van der Waals surface area contributed by atoms with Crippen LogP contribution in [-0.4, -0.2) is 34.0 Å². The monoisotopic (exact) mass is 353 g/mol. The molecule has 0 fully saturated rings. The number of carbonyl (C=O) groups is 1. The average Bonchev–Trinajstić information content (AvgIpc) is 3.25. The van der Waals surface area contributed by atoms with Crippen LogP contribution in [0, 0.1) is 0 Å². The highest BCUT2D eigenvalue weighted by Gasteiger charge is 2.31. The fraction of sp³-hybridized carbons (Fsp3) is 0.211. The maximum Gasteiger partial charge on any atom is 0.256 e. The Morgan fingerprint density at radius 3 is 2.46 bits per heavy atom. The van der Waals surface area contributed by atoms with E-state index >= 15 is 0 Å². The van der Waals surface area contributed by atoms with E-state index in [4.69, 9.17) is 23.7 Å². The third-order valence-electron chi connectivity index (χ3n) is 4.85. The highest BCUT2D eigenvalue weighted by molar-refractivity contribution is 6.31. The molecule has 2 heterocycles. The van der Waals surface area contributed by atoms with E-state index < -0.39 is 0 Å². The number of rotatable bonds is 3. The smallest absolute Gasteiger partial charge is 0.256 e. The van der Waals surface area contributed by atoms with Gasteiger partial charge in [0.15, 0.2) is 23.0 Å². The Morgan fingerprint density at radius 1 is 0.923 bits per heavy atom. The van der Waals surface area contributed by atoms with E-state index in [-0.39, 0.29) is 12.7 Å². The topological polar surface area (TPSA) is 75.3 Å². The standard InChI is InChI=1S/C19H15NO6/c1-22-12-5-8-9(16(23-2)18(12)24-3)4-11-14-10(19(21)20-11)6-13-17(15(8)14)26-7-25-13/h4-6H,7H2,1-3H3,(H,20,21). The third kappa shape index (κ3) is 1.69. The van der Waals surface area contributed by atoms with Gasteiger partial charge in [0.2, 0.25) is 12.5 Å². The van der Waals surface area contributed by atoms with Crippen molar-refractivity contribution in [3.63, 3.8) is 0 Å². The normalized spacial score (nSPS) is 14.0. The lowest BCUT2D eigenvalue weighted by molar-refractivity contribution is 0.103. The first-order chi connectivity index (χ1) is 12.7. The molecule has 0 bridgehead atoms. The molecule has 0 saturated carbocycles. The molecule has 7 heteroatoms. The van der Waals surface area contributed by atoms with Gasteiger partial charge in [0.25, 0.3) is 5.91 Å². The van der Waals surface area contributed by atoms with Gasteiger partial charge in [-0.15, -0.1) is 0 Å². The maximum absolute atomic E-state index is 12.4. The van der Waals surface area contributed by atoms with Crippen molar-refractivity contribution in [3.05, 3.63) is 23.8 Å². The van der Waals surface area contributed by atoms with E-state index in [2.05, 4.69) is 5.32 Å². The van der Waals surface area contributed by atoms with Crippen molar-refractivity contribution in [3.8, 4) is 28.7 Å². The molecule has 1 amide bonds. The summed E-state index contributed by atoms with van der Waals surface area (Å²) < 4.78 is 27.9. The van der Waals surface area contributed by atoms with Crippen LogP contribution in [-0.2, 0) is 0 Å². The maximum atomic E-state index is 12.4. The van der Waals surface area contributed by atoms with Gasteiger partial charge in [-0.05, 0) is 18.2 Å². The molecule has 0 atom stereocenters. The first kappa shape index (κ1) is 14.9. The molecule has 0 radical (unpaired) electrons. The van der Waals surface area contributed by atoms with Gasteiger partial charge in [-0.1, -0.05) is 0 Å². The molecule has 0 unspecified atom stereocenters. The van der Waals surface area contributed by atoms with Crippen LogP contribution in [0.15, 0.2) is 18.2 Å². The van der Waals surface area contributed by atoms with Crippen LogP contribution < -0.4 is 29.0 Å². The van der Waals surface area contributed by atoms with Crippen LogP contribution in [0.1, 0.15) is 10.4 Å². The lowest BCUT2D eigenvalue weighted by Crippen LogP contribution is -2.04. The first-order valence-corrected chi connectivity index (χ1v) is 8.01. The minimum atomic E-state index is -0.170. The Hall–Kier alpha value is -3.35. The SMILES string of the molecule is COc1cc2c(cc3c4c(cc5c(c42)OCO5)C(=O)N3)c(OC)c1OC. The molecule has 1 N–H and O–H groups in total. The Bertz CT molecular complexity index is 1120. The number of amides is 1. The number of anilines is 1. The van der Waals surface area contributed by atoms with E-state index in [1.54, 1.807) is 27.4 Å². The Morgan fingerprint density at radius 2 is 1.73 bits per heavy atom. The summed E-state index contributed by atoms with van der Waals surface area (Å²) in [6, 6.07) is 5.47. The molecular weight excluding hydrogens is 338 g/mol. The first-order valence-electron chi connectivity index (χ1n) is 8.01. The Labute approximate surface area is 148 Å². The predicted octanol–water partition coefficient (Wildman–Crippen LogP) is 3.31. The zero-order valence-corrected chi connectivity index (χ0v) is 14.4. The number of ether oxygens (including phenoxy) is 5. The molecule has 0 saturated heterocycles. The highest BCUT2D eigenvalue weighted by Crippen LogP contribution is 2.53. The van der Waals surface area contributed by atoms with Crippen molar-refractivity contribution >= 4 is 33.1 Å². The van der Waals surface area contributed by atoms with E-state index in [9.17, 15) is 4.79 Å². The van der Waals surface area contributed by atoms with Crippen molar-refractivity contribution in [2.75, 3.05) is 33.4 Å². The Kier molecular flexibility index (Phi) is 2.92. The highest BCUT2D eigenvalue weighted by atomic mass is 16.7. The van der Waals surface area contributed by atoms with Gasteiger partial charge in [-0.2, -0.15) is 0 Å². The van der Waals surface area contributed by atoms with E-state index in [1.165, 1.54) is 0 Å². The summed E-state index contributed by atoms with van der Waals surface area (Å²) in [7, 11) is 4.69. The lowest BCUT2D eigenvalue weighted by atomic mass is 9.96. The van der Waals surface area contributed by atoms with Crippen molar-refractivity contribution < 1.29 is 28.5 Å². The van der Waals surface area contributed by atoms with Gasteiger partial charge in [0.05, 0.1) is 32.6 Å². The number of carbonyl (C=O) groups excluding carboxylic acids is 1. The van der Waals surface area contributed by atoms with Crippen LogP contribution in [0.5, 0.6) is 28.7 Å². The van der Waals surface area contributed by atoms with Gasteiger partial charge in [0.1, 0.15) is 0 Å². The summed E-state index contributed by atoms with van der Waals surface area (Å²) >= 11 is 0. The zero-order valence-electron chi connectivity index (χ0n) is 14.4. The molecule has 0 aliphatic carbocycles. The van der Waals surface area contributed by atoms with Crippen molar-refractivity contribution in [2.24, 2.45) is 0 Å². The molecule has 132 valence electrons. The average molecular weight is 353 g/mol. The van der Waals surface area contributed by atoms with Crippen LogP contribution in [0.4, 0.5) is 5.69 Å². The largest absolute Gasteiger partial charge is 0.493 e. The van der Waals surface area contributed by atoms with E-state index in [0.29, 0.717) is 40.0 Å². The van der Waals surface area contributed by atoms with Crippen LogP contribution >= 0.6 is 0 Å². The summed E-state index contributed by atoms with van der Waals surface area (Å²) in [6.07, 6.45) is 0. The summed E-state index contributed by atoms with van der Waals surface area (Å²) in [5.74, 6) is 2.54. The molecule has 7 nitrogen and oxygen atoms in total. The molecule has 5 rings (SSSR count). The van der Waals surface area contributed by atoms with Gasteiger partial charge in [-0.25, -0.2) is 0 Å². The lowest BCUT2D eigenvalue weighted by Gasteiger charge is -2.17. The second kappa shape index (κ2) is 5.08. The van der Waals surface area contributed by atoms with Crippen LogP contribution in [0.3, 0.4) is 0 Å². The second-order valence-corrected chi connectivity index (χ2v) is 6.03. The third-order valence-corrected chi connectivity index (χ3v) is 4.85. The second-order valence-electron chi connectivity index (χ2n) is 6.03. The molecule has 0 spiro atoms. The number of nitrogens with one attached hydrogen (secondary N) is 1. The van der Waals surface area contributed by atoms with Gasteiger partial charge in [-0.3, -0.25) is 4.79 Å². The van der Waals surface area contributed by atoms with E-state index in [1.807, 2.05) is 12.1 Å². The summed E-state index contributed by atoms with van der Waals surface area (Å²) in [5.41, 5.74) is 1.27. The zero-order chi connectivity index (χ0) is 18.0. The summed E-state index contributed by atoms with van der Waals surface area (Å²) in [5, 5.41) is 6.12. The Balaban J connectivity index is 2.05. The number of methoxy groups -OCH3 is 3. The molecule has 26 heavy (non-hydrogen) atoms. The summed E-state index contributed by atoms with van der Waals surface area (Å²) in [4.78, 5) is 12.4. The van der Waals surface area contributed by atoms with Crippen LogP contribution in [0.2, 0.25) is 0 Å². The van der Waals surface area contributed by atoms with Crippen molar-refractivity contribution in [1.29, 1.82) is 0 Å². The molecule has 0 aromatic heterocycles. The fourth-order valence-electron chi connectivity index (χ4n) is 3.79. The van der Waals surface area contributed by atoms with E-state index in [0.717, 1.165) is 21.5 Å².